The summed E-state index contributed by atoms with van der Waals surface area (Å²) < 4.78 is 15.1. The van der Waals surface area contributed by atoms with Crippen molar-refractivity contribution >= 4 is 28.4 Å². The molecule has 2 aromatic carbocycles. The minimum atomic E-state index is -0.475. The number of amides is 1. The molecule has 1 amide bonds. The molecule has 0 spiro atoms. The maximum Gasteiger partial charge on any atom is 0.261 e. The van der Waals surface area contributed by atoms with Crippen LogP contribution in [0.1, 0.15) is 11.1 Å². The zero-order chi connectivity index (χ0) is 18.8. The first-order valence-corrected chi connectivity index (χ1v) is 8.38. The van der Waals surface area contributed by atoms with Gasteiger partial charge in [0, 0.05) is 24.2 Å². The molecule has 0 N–H and O–H groups in total. The van der Waals surface area contributed by atoms with Crippen LogP contribution in [0.3, 0.4) is 0 Å². The molecule has 0 aliphatic carbocycles. The number of halogens is 2. The Bertz CT molecular complexity index is 1030. The summed E-state index contributed by atoms with van der Waals surface area (Å²) >= 11 is 6.00. The number of likely N-dealkylation sites (N-methyl/N-ethyl adjacent to an activating group) is 1. The molecule has 3 rings (SSSR count). The van der Waals surface area contributed by atoms with Crippen molar-refractivity contribution in [1.82, 2.24) is 14.5 Å². The zero-order valence-corrected chi connectivity index (χ0v) is 15.1. The van der Waals surface area contributed by atoms with Crippen molar-refractivity contribution in [3.8, 4) is 0 Å². The first kappa shape index (κ1) is 18.1. The van der Waals surface area contributed by atoms with E-state index in [2.05, 4.69) is 4.98 Å². The Balaban J connectivity index is 1.83. The quantitative estimate of drug-likeness (QED) is 0.706. The number of fused-ring (bicyclic) bond motifs is 1. The van der Waals surface area contributed by atoms with E-state index in [1.54, 1.807) is 18.2 Å². The smallest absolute Gasteiger partial charge is 0.261 e. The Labute approximate surface area is 154 Å². The molecule has 0 saturated heterocycles. The number of para-hydroxylation sites is 1. The van der Waals surface area contributed by atoms with Crippen LogP contribution >= 0.6 is 11.6 Å². The zero-order valence-electron chi connectivity index (χ0n) is 14.4. The summed E-state index contributed by atoms with van der Waals surface area (Å²) in [6.07, 6.45) is 1.36. The summed E-state index contributed by atoms with van der Waals surface area (Å²) in [7, 11) is 1.54. The van der Waals surface area contributed by atoms with Gasteiger partial charge >= 0.3 is 0 Å². The van der Waals surface area contributed by atoms with Gasteiger partial charge in [0.2, 0.25) is 5.91 Å². The molecule has 1 heterocycles. The van der Waals surface area contributed by atoms with E-state index in [1.807, 2.05) is 13.0 Å². The number of carbonyl (C=O) groups is 1. The minimum absolute atomic E-state index is 0.0131. The van der Waals surface area contributed by atoms with Crippen LogP contribution < -0.4 is 5.56 Å². The van der Waals surface area contributed by atoms with Crippen molar-refractivity contribution in [2.45, 2.75) is 20.0 Å². The van der Waals surface area contributed by atoms with Gasteiger partial charge in [-0.15, -0.1) is 0 Å². The Kier molecular flexibility index (Phi) is 5.04. The van der Waals surface area contributed by atoms with Crippen molar-refractivity contribution in [3.63, 3.8) is 0 Å². The third kappa shape index (κ3) is 3.46. The van der Waals surface area contributed by atoms with Crippen molar-refractivity contribution in [2.75, 3.05) is 7.05 Å². The van der Waals surface area contributed by atoms with Crippen molar-refractivity contribution in [2.24, 2.45) is 0 Å². The third-order valence-electron chi connectivity index (χ3n) is 4.24. The van der Waals surface area contributed by atoms with Crippen LogP contribution in [0.5, 0.6) is 0 Å². The lowest BCUT2D eigenvalue weighted by Gasteiger charge is -2.19. The summed E-state index contributed by atoms with van der Waals surface area (Å²) in [5.41, 5.74) is 1.46. The van der Waals surface area contributed by atoms with Crippen LogP contribution in [-0.4, -0.2) is 27.4 Å². The fraction of sp³-hybridized carbons (Fsp3) is 0.211. The normalized spacial score (nSPS) is 10.9. The third-order valence-corrected chi connectivity index (χ3v) is 4.60. The topological polar surface area (TPSA) is 55.2 Å². The number of hydrogen-bond acceptors (Lipinski definition) is 3. The van der Waals surface area contributed by atoms with Gasteiger partial charge in [0.05, 0.1) is 17.2 Å². The second kappa shape index (κ2) is 7.25. The number of aromatic nitrogens is 2. The van der Waals surface area contributed by atoms with E-state index >= 15 is 0 Å². The van der Waals surface area contributed by atoms with Gasteiger partial charge in [-0.2, -0.15) is 0 Å². The molecular formula is C19H17ClFN3O2. The molecule has 0 fully saturated rings. The largest absolute Gasteiger partial charge is 0.340 e. The Morgan fingerprint density at radius 3 is 2.73 bits per heavy atom. The molecule has 0 aliphatic heterocycles. The molecule has 26 heavy (non-hydrogen) atoms. The van der Waals surface area contributed by atoms with Gasteiger partial charge in [0.1, 0.15) is 12.4 Å². The van der Waals surface area contributed by atoms with E-state index in [9.17, 15) is 14.0 Å². The molecule has 134 valence electrons. The molecule has 7 heteroatoms. The van der Waals surface area contributed by atoms with Gasteiger partial charge in [-0.25, -0.2) is 9.37 Å². The van der Waals surface area contributed by atoms with Gasteiger partial charge in [-0.05, 0) is 30.7 Å². The van der Waals surface area contributed by atoms with E-state index in [4.69, 9.17) is 11.6 Å². The first-order chi connectivity index (χ1) is 12.4. The van der Waals surface area contributed by atoms with E-state index in [1.165, 1.54) is 35.0 Å². The van der Waals surface area contributed by atoms with Gasteiger partial charge in [0.25, 0.3) is 5.56 Å². The average molecular weight is 374 g/mol. The highest BCUT2D eigenvalue weighted by molar-refractivity contribution is 6.31. The molecule has 0 radical (unpaired) electrons. The van der Waals surface area contributed by atoms with Crippen molar-refractivity contribution in [3.05, 3.63) is 75.0 Å². The van der Waals surface area contributed by atoms with Gasteiger partial charge in [-0.1, -0.05) is 29.8 Å². The van der Waals surface area contributed by atoms with E-state index in [0.717, 1.165) is 5.56 Å². The number of hydrogen-bond donors (Lipinski definition) is 0. The van der Waals surface area contributed by atoms with E-state index in [-0.39, 0.29) is 35.1 Å². The highest BCUT2D eigenvalue weighted by atomic mass is 35.5. The molecular weight excluding hydrogens is 357 g/mol. The predicted octanol–water partition coefficient (Wildman–Crippen LogP) is 3.16. The van der Waals surface area contributed by atoms with Crippen molar-refractivity contribution in [1.29, 1.82) is 0 Å². The highest BCUT2D eigenvalue weighted by Gasteiger charge is 2.16. The highest BCUT2D eigenvalue weighted by Crippen LogP contribution is 2.20. The number of rotatable bonds is 4. The summed E-state index contributed by atoms with van der Waals surface area (Å²) in [4.78, 5) is 30.7. The predicted molar refractivity (Wildman–Crippen MR) is 98.6 cm³/mol. The molecule has 0 atom stereocenters. The van der Waals surface area contributed by atoms with Gasteiger partial charge in [-0.3, -0.25) is 14.2 Å². The van der Waals surface area contributed by atoms with Crippen LogP contribution in [-0.2, 0) is 17.9 Å². The van der Waals surface area contributed by atoms with Crippen LogP contribution in [0.25, 0.3) is 10.9 Å². The molecule has 0 unspecified atom stereocenters. The van der Waals surface area contributed by atoms with Crippen LogP contribution in [0.15, 0.2) is 47.5 Å². The fourth-order valence-electron chi connectivity index (χ4n) is 2.73. The molecule has 0 aliphatic rings. The maximum absolute atomic E-state index is 13.9. The average Bonchev–Trinajstić information content (AvgIpc) is 2.61. The summed E-state index contributed by atoms with van der Waals surface area (Å²) in [5, 5.41) is 0.713. The van der Waals surface area contributed by atoms with Crippen LogP contribution in [0.4, 0.5) is 4.39 Å². The molecule has 1 aromatic heterocycles. The second-order valence-corrected chi connectivity index (χ2v) is 6.51. The lowest BCUT2D eigenvalue weighted by molar-refractivity contribution is -0.131. The van der Waals surface area contributed by atoms with Gasteiger partial charge < -0.3 is 4.90 Å². The Morgan fingerprint density at radius 1 is 1.27 bits per heavy atom. The van der Waals surface area contributed by atoms with Crippen LogP contribution in [0.2, 0.25) is 5.02 Å². The Hall–Kier alpha value is -2.73. The summed E-state index contributed by atoms with van der Waals surface area (Å²) in [6, 6.07) is 9.69. The van der Waals surface area contributed by atoms with E-state index < -0.39 is 5.82 Å². The SMILES string of the molecule is Cc1cccc2c(=O)n(CC(=O)N(C)Cc3c(F)cccc3Cl)cnc12. The molecule has 0 saturated carbocycles. The number of benzene rings is 2. The number of aryl methyl sites for hydroxylation is 1. The van der Waals surface area contributed by atoms with Gasteiger partial charge in [0.15, 0.2) is 0 Å². The lowest BCUT2D eigenvalue weighted by Crippen LogP contribution is -2.34. The molecule has 5 nitrogen and oxygen atoms in total. The lowest BCUT2D eigenvalue weighted by atomic mass is 10.1. The van der Waals surface area contributed by atoms with Crippen LogP contribution in [0, 0.1) is 12.7 Å². The minimum Gasteiger partial charge on any atom is -0.340 e. The molecule has 0 bridgehead atoms. The maximum atomic E-state index is 13.9. The number of nitrogens with zero attached hydrogens (tertiary/aromatic N) is 3. The summed E-state index contributed by atoms with van der Waals surface area (Å²) in [6.45, 7) is 1.70. The van der Waals surface area contributed by atoms with E-state index in [0.29, 0.717) is 10.9 Å². The number of carbonyl (C=O) groups excluding carboxylic acids is 1. The summed E-state index contributed by atoms with van der Waals surface area (Å²) in [5.74, 6) is -0.822. The molecule has 3 aromatic rings. The monoisotopic (exact) mass is 373 g/mol. The first-order valence-electron chi connectivity index (χ1n) is 8.00. The van der Waals surface area contributed by atoms with Crippen molar-refractivity contribution < 1.29 is 9.18 Å². The second-order valence-electron chi connectivity index (χ2n) is 6.10. The fourth-order valence-corrected chi connectivity index (χ4v) is 2.95. The standard InChI is InChI=1S/C19H17ClFN3O2/c1-12-5-3-6-13-18(12)22-11-24(19(13)26)10-17(25)23(2)9-14-15(20)7-4-8-16(14)21/h3-8,11H,9-10H2,1-2H3. The Morgan fingerprint density at radius 2 is 2.00 bits per heavy atom.